The molecule has 2 fully saturated rings. The molecule has 1 aromatic rings. The van der Waals surface area contributed by atoms with E-state index in [1.165, 1.54) is 11.1 Å². The zero-order chi connectivity index (χ0) is 16.4. The average Bonchev–Trinajstić information content (AvgIpc) is 3.34. The van der Waals surface area contributed by atoms with Crippen molar-refractivity contribution in [3.05, 3.63) is 42.0 Å². The Morgan fingerprint density at radius 3 is 2.79 bits per heavy atom. The van der Waals surface area contributed by atoms with E-state index in [0.29, 0.717) is 11.9 Å². The van der Waals surface area contributed by atoms with Crippen LogP contribution in [-0.2, 0) is 4.79 Å². The summed E-state index contributed by atoms with van der Waals surface area (Å²) in [4.78, 5) is 17.1. The van der Waals surface area contributed by atoms with Crippen LogP contribution in [0.3, 0.4) is 0 Å². The van der Waals surface area contributed by atoms with Crippen molar-refractivity contribution < 1.29 is 4.79 Å². The molecule has 4 nitrogen and oxygen atoms in total. The van der Waals surface area contributed by atoms with Crippen LogP contribution in [0.15, 0.2) is 36.4 Å². The van der Waals surface area contributed by atoms with E-state index >= 15 is 0 Å². The molecule has 0 aromatic heterocycles. The maximum atomic E-state index is 12.5. The summed E-state index contributed by atoms with van der Waals surface area (Å²) in [6.07, 6.45) is 4.42. The molecule has 3 heterocycles. The molecular formula is C19H25N3OS. The van der Waals surface area contributed by atoms with Crippen molar-refractivity contribution in [1.82, 2.24) is 15.1 Å². The molecule has 1 amide bonds. The van der Waals surface area contributed by atoms with Gasteiger partial charge in [0.15, 0.2) is 0 Å². The van der Waals surface area contributed by atoms with E-state index in [1.807, 2.05) is 16.7 Å². The molecule has 1 N–H and O–H groups in total. The van der Waals surface area contributed by atoms with Gasteiger partial charge in [0.2, 0.25) is 5.91 Å². The van der Waals surface area contributed by atoms with Gasteiger partial charge in [-0.2, -0.15) is 0 Å². The lowest BCUT2D eigenvalue weighted by Gasteiger charge is -2.31. The van der Waals surface area contributed by atoms with Crippen LogP contribution < -0.4 is 5.32 Å². The summed E-state index contributed by atoms with van der Waals surface area (Å²) in [5.41, 5.74) is 2.81. The second kappa shape index (κ2) is 7.30. The van der Waals surface area contributed by atoms with Crippen molar-refractivity contribution in [2.75, 3.05) is 37.8 Å². The number of carbonyl (C=O) groups excluding carboxylic acids is 1. The molecule has 1 aromatic carbocycles. The second-order valence-corrected chi connectivity index (χ2v) is 7.90. The Hall–Kier alpha value is -1.30. The average molecular weight is 343 g/mol. The van der Waals surface area contributed by atoms with Crippen molar-refractivity contribution in [1.29, 1.82) is 0 Å². The Balaban J connectivity index is 1.33. The fraction of sp³-hybridized carbons (Fsp3) is 0.526. The van der Waals surface area contributed by atoms with E-state index in [-0.39, 0.29) is 6.04 Å². The third kappa shape index (κ3) is 3.39. The van der Waals surface area contributed by atoms with Crippen LogP contribution in [0.2, 0.25) is 0 Å². The van der Waals surface area contributed by atoms with E-state index in [4.69, 9.17) is 0 Å². The Bertz CT molecular complexity index is 612. The molecule has 0 bridgehead atoms. The third-order valence-corrected chi connectivity index (χ3v) is 6.34. The van der Waals surface area contributed by atoms with E-state index in [9.17, 15) is 4.79 Å². The predicted molar refractivity (Wildman–Crippen MR) is 99.8 cm³/mol. The molecule has 0 spiro atoms. The maximum Gasteiger partial charge on any atom is 0.240 e. The molecular weight excluding hydrogens is 318 g/mol. The summed E-state index contributed by atoms with van der Waals surface area (Å²) in [6, 6.07) is 11.2. The van der Waals surface area contributed by atoms with Gasteiger partial charge in [-0.15, -0.1) is 11.8 Å². The molecule has 24 heavy (non-hydrogen) atoms. The first-order valence-electron chi connectivity index (χ1n) is 8.90. The minimum Gasteiger partial charge on any atom is -0.331 e. The summed E-state index contributed by atoms with van der Waals surface area (Å²) in [5, 5.41) is 3.46. The highest BCUT2D eigenvalue weighted by Crippen LogP contribution is 2.26. The Labute approximate surface area is 148 Å². The van der Waals surface area contributed by atoms with Crippen molar-refractivity contribution >= 4 is 23.2 Å². The lowest BCUT2D eigenvalue weighted by atomic mass is 9.98. The molecule has 3 aliphatic rings. The van der Waals surface area contributed by atoms with Gasteiger partial charge in [0.25, 0.3) is 0 Å². The quantitative estimate of drug-likeness (QED) is 0.911. The fourth-order valence-corrected chi connectivity index (χ4v) is 4.88. The van der Waals surface area contributed by atoms with Gasteiger partial charge in [-0.3, -0.25) is 9.69 Å². The van der Waals surface area contributed by atoms with Crippen molar-refractivity contribution in [2.45, 2.75) is 24.9 Å². The zero-order valence-corrected chi connectivity index (χ0v) is 14.8. The normalized spacial score (nSPS) is 28.2. The minimum absolute atomic E-state index is 0.0215. The first kappa shape index (κ1) is 16.2. The number of benzene rings is 1. The van der Waals surface area contributed by atoms with Crippen molar-refractivity contribution in [3.8, 4) is 0 Å². The minimum atomic E-state index is 0.0215. The monoisotopic (exact) mass is 343 g/mol. The van der Waals surface area contributed by atoms with Crippen molar-refractivity contribution in [2.24, 2.45) is 0 Å². The topological polar surface area (TPSA) is 35.6 Å². The highest BCUT2D eigenvalue weighted by atomic mass is 32.2. The lowest BCUT2D eigenvalue weighted by molar-refractivity contribution is -0.131. The van der Waals surface area contributed by atoms with Crippen LogP contribution in [0.1, 0.15) is 18.4 Å². The highest BCUT2D eigenvalue weighted by molar-refractivity contribution is 7.99. The van der Waals surface area contributed by atoms with Crippen LogP contribution in [0.4, 0.5) is 0 Å². The van der Waals surface area contributed by atoms with Gasteiger partial charge in [-0.25, -0.2) is 0 Å². The predicted octanol–water partition coefficient (Wildman–Crippen LogP) is 2.04. The summed E-state index contributed by atoms with van der Waals surface area (Å²) in [5.74, 6) is 2.26. The number of hydrogen-bond acceptors (Lipinski definition) is 4. The molecule has 4 rings (SSSR count). The summed E-state index contributed by atoms with van der Waals surface area (Å²) < 4.78 is 0. The van der Waals surface area contributed by atoms with Gasteiger partial charge < -0.3 is 10.2 Å². The number of nitrogens with zero attached hydrogens (tertiary/aromatic N) is 2. The summed E-state index contributed by atoms with van der Waals surface area (Å²) in [6.45, 7) is 3.94. The molecule has 2 atom stereocenters. The van der Waals surface area contributed by atoms with Crippen LogP contribution >= 0.6 is 11.8 Å². The molecule has 0 aliphatic carbocycles. The second-order valence-electron chi connectivity index (χ2n) is 6.83. The largest absolute Gasteiger partial charge is 0.331 e. The van der Waals surface area contributed by atoms with Gasteiger partial charge >= 0.3 is 0 Å². The molecule has 0 saturated carbocycles. The maximum absolute atomic E-state index is 12.5. The number of carbonyl (C=O) groups is 1. The van der Waals surface area contributed by atoms with Gasteiger partial charge in [-0.1, -0.05) is 36.4 Å². The number of rotatable bonds is 3. The Kier molecular flexibility index (Phi) is 4.92. The zero-order valence-electron chi connectivity index (χ0n) is 14.0. The van der Waals surface area contributed by atoms with Crippen molar-refractivity contribution in [3.63, 3.8) is 0 Å². The van der Waals surface area contributed by atoms with E-state index in [1.54, 1.807) is 0 Å². The third-order valence-electron chi connectivity index (χ3n) is 5.37. The van der Waals surface area contributed by atoms with E-state index < -0.39 is 0 Å². The lowest BCUT2D eigenvalue weighted by Crippen LogP contribution is -2.42. The van der Waals surface area contributed by atoms with Crippen LogP contribution in [0.5, 0.6) is 0 Å². The molecule has 5 heteroatoms. The molecule has 2 saturated heterocycles. The number of thioether (sulfide) groups is 1. The van der Waals surface area contributed by atoms with E-state index in [0.717, 1.165) is 50.7 Å². The van der Waals surface area contributed by atoms with Gasteiger partial charge in [0, 0.05) is 38.0 Å². The van der Waals surface area contributed by atoms with Crippen LogP contribution in [0, 0.1) is 0 Å². The Morgan fingerprint density at radius 1 is 1.21 bits per heavy atom. The van der Waals surface area contributed by atoms with E-state index in [2.05, 4.69) is 46.6 Å². The van der Waals surface area contributed by atoms with Gasteiger partial charge in [0.1, 0.15) is 0 Å². The summed E-state index contributed by atoms with van der Waals surface area (Å²) >= 11 is 1.86. The summed E-state index contributed by atoms with van der Waals surface area (Å²) in [7, 11) is 0. The van der Waals surface area contributed by atoms with Crippen LogP contribution in [-0.4, -0.2) is 65.6 Å². The van der Waals surface area contributed by atoms with Gasteiger partial charge in [0.05, 0.1) is 11.9 Å². The fourth-order valence-electron chi connectivity index (χ4n) is 3.92. The first-order valence-corrected chi connectivity index (χ1v) is 10.0. The SMILES string of the molecule is O=C([C@@H]1C[C@H](N2CC=C(c3ccccc3)CC2)CN1)N1CCSC1. The first-order chi connectivity index (χ1) is 11.8. The molecule has 0 unspecified atom stereocenters. The standard InChI is InChI=1S/C19H25N3OS/c23-19(22-10-11-24-14-22)18-12-17(13-20-18)21-8-6-16(7-9-21)15-4-2-1-3-5-15/h1-6,17-18,20H,7-14H2/t17-,18-/m0/s1. The molecule has 128 valence electrons. The van der Waals surface area contributed by atoms with Crippen LogP contribution in [0.25, 0.3) is 5.57 Å². The smallest absolute Gasteiger partial charge is 0.240 e. The number of hydrogen-bond donors (Lipinski definition) is 1. The number of amides is 1. The van der Waals surface area contributed by atoms with Gasteiger partial charge in [-0.05, 0) is 24.0 Å². The highest BCUT2D eigenvalue weighted by Gasteiger charge is 2.36. The molecule has 3 aliphatic heterocycles. The molecule has 0 radical (unpaired) electrons. The Morgan fingerprint density at radius 2 is 2.08 bits per heavy atom. The number of nitrogens with one attached hydrogen (secondary N) is 1.